The molecule has 1 fully saturated rings. The van der Waals surface area contributed by atoms with Crippen molar-refractivity contribution < 1.29 is 4.79 Å². The van der Waals surface area contributed by atoms with E-state index in [0.717, 1.165) is 31.5 Å². The number of aryl methyl sites for hydroxylation is 1. The Morgan fingerprint density at radius 1 is 1.39 bits per heavy atom. The highest BCUT2D eigenvalue weighted by molar-refractivity contribution is 5.74. The predicted octanol–water partition coefficient (Wildman–Crippen LogP) is 1.97. The van der Waals surface area contributed by atoms with E-state index in [-0.39, 0.29) is 6.03 Å². The van der Waals surface area contributed by atoms with Gasteiger partial charge in [-0.1, -0.05) is 19.3 Å². The molecule has 1 saturated carbocycles. The molecule has 1 aromatic rings. The molecule has 1 heterocycles. The first-order valence-electron chi connectivity index (χ1n) is 6.87. The van der Waals surface area contributed by atoms with Crippen LogP contribution in [0.4, 0.5) is 4.79 Å². The summed E-state index contributed by atoms with van der Waals surface area (Å²) in [4.78, 5) is 18.8. The first-order chi connectivity index (χ1) is 8.84. The second-order valence-electron chi connectivity index (χ2n) is 4.87. The average molecular weight is 250 g/mol. The summed E-state index contributed by atoms with van der Waals surface area (Å²) in [6, 6.07) is 0.352. The van der Waals surface area contributed by atoms with Gasteiger partial charge in [0.15, 0.2) is 0 Å². The molecule has 5 heteroatoms. The van der Waals surface area contributed by atoms with Crippen LogP contribution in [0.5, 0.6) is 0 Å². The zero-order chi connectivity index (χ0) is 12.6. The molecular formula is C13H22N4O. The Labute approximate surface area is 108 Å². The van der Waals surface area contributed by atoms with Gasteiger partial charge < -0.3 is 15.6 Å². The normalized spacial score (nSPS) is 16.4. The minimum atomic E-state index is -0.0265. The van der Waals surface area contributed by atoms with Crippen LogP contribution in [0, 0.1) is 0 Å². The van der Waals surface area contributed by atoms with Crippen molar-refractivity contribution in [1.82, 2.24) is 20.6 Å². The molecule has 5 nitrogen and oxygen atoms in total. The van der Waals surface area contributed by atoms with Crippen molar-refractivity contribution in [2.75, 3.05) is 6.54 Å². The van der Waals surface area contributed by atoms with Crippen molar-refractivity contribution in [2.45, 2.75) is 51.0 Å². The number of urea groups is 1. The van der Waals surface area contributed by atoms with Gasteiger partial charge >= 0.3 is 6.03 Å². The maximum absolute atomic E-state index is 11.6. The number of aromatic nitrogens is 2. The zero-order valence-corrected chi connectivity index (χ0v) is 10.7. The van der Waals surface area contributed by atoms with Crippen molar-refractivity contribution >= 4 is 6.03 Å². The standard InChI is InChI=1S/C13H22N4O/c18-13(17-11-5-2-1-3-6-11)16-8-4-7-12-14-9-10-15-12/h9-11H,1-8H2,(H,14,15)(H2,16,17,18). The maximum atomic E-state index is 11.6. The summed E-state index contributed by atoms with van der Waals surface area (Å²) in [5.74, 6) is 0.976. The van der Waals surface area contributed by atoms with Crippen LogP contribution in [0.25, 0.3) is 0 Å². The molecular weight excluding hydrogens is 228 g/mol. The van der Waals surface area contributed by atoms with Gasteiger partial charge in [-0.05, 0) is 19.3 Å². The maximum Gasteiger partial charge on any atom is 0.315 e. The van der Waals surface area contributed by atoms with Crippen molar-refractivity contribution in [3.8, 4) is 0 Å². The van der Waals surface area contributed by atoms with Crippen molar-refractivity contribution in [1.29, 1.82) is 0 Å². The van der Waals surface area contributed by atoms with E-state index in [1.165, 1.54) is 19.3 Å². The molecule has 0 bridgehead atoms. The third-order valence-corrected chi connectivity index (χ3v) is 3.37. The van der Waals surface area contributed by atoms with Crippen LogP contribution in [0.15, 0.2) is 12.4 Å². The Morgan fingerprint density at radius 2 is 2.22 bits per heavy atom. The summed E-state index contributed by atoms with van der Waals surface area (Å²) >= 11 is 0. The van der Waals surface area contributed by atoms with Crippen molar-refractivity contribution in [2.24, 2.45) is 0 Å². The predicted molar refractivity (Wildman–Crippen MR) is 70.3 cm³/mol. The molecule has 3 N–H and O–H groups in total. The zero-order valence-electron chi connectivity index (χ0n) is 10.7. The number of carbonyl (C=O) groups is 1. The van der Waals surface area contributed by atoms with Gasteiger partial charge in [0.25, 0.3) is 0 Å². The minimum Gasteiger partial charge on any atom is -0.349 e. The highest BCUT2D eigenvalue weighted by atomic mass is 16.2. The number of carbonyl (C=O) groups excluding carboxylic acids is 1. The van der Waals surface area contributed by atoms with Gasteiger partial charge in [0.05, 0.1) is 0 Å². The molecule has 1 aliphatic rings. The Morgan fingerprint density at radius 3 is 2.94 bits per heavy atom. The molecule has 0 aromatic carbocycles. The van der Waals surface area contributed by atoms with E-state index in [1.54, 1.807) is 6.20 Å². The van der Waals surface area contributed by atoms with Gasteiger partial charge in [-0.15, -0.1) is 0 Å². The van der Waals surface area contributed by atoms with Gasteiger partial charge in [-0.2, -0.15) is 0 Å². The second-order valence-corrected chi connectivity index (χ2v) is 4.87. The number of imidazole rings is 1. The minimum absolute atomic E-state index is 0.0265. The Hall–Kier alpha value is -1.52. The number of rotatable bonds is 5. The van der Waals surface area contributed by atoms with Gasteiger partial charge in [0, 0.05) is 31.4 Å². The summed E-state index contributed by atoms with van der Waals surface area (Å²) in [6.07, 6.45) is 11.4. The lowest BCUT2D eigenvalue weighted by Crippen LogP contribution is -2.43. The van der Waals surface area contributed by atoms with Crippen LogP contribution in [-0.4, -0.2) is 28.6 Å². The van der Waals surface area contributed by atoms with Crippen LogP contribution in [-0.2, 0) is 6.42 Å². The molecule has 18 heavy (non-hydrogen) atoms. The van der Waals surface area contributed by atoms with E-state index in [1.807, 2.05) is 6.20 Å². The van der Waals surface area contributed by atoms with E-state index in [0.29, 0.717) is 12.6 Å². The Kier molecular flexibility index (Phi) is 5.05. The average Bonchev–Trinajstić information content (AvgIpc) is 2.89. The molecule has 100 valence electrons. The number of H-pyrrole nitrogens is 1. The quantitative estimate of drug-likeness (QED) is 0.699. The molecule has 1 aromatic heterocycles. The first kappa shape index (κ1) is 12.9. The summed E-state index contributed by atoms with van der Waals surface area (Å²) in [5, 5.41) is 5.94. The van der Waals surface area contributed by atoms with Gasteiger partial charge in [-0.3, -0.25) is 0 Å². The van der Waals surface area contributed by atoms with E-state index in [4.69, 9.17) is 0 Å². The summed E-state index contributed by atoms with van der Waals surface area (Å²) in [5.41, 5.74) is 0. The molecule has 0 aliphatic heterocycles. The lowest BCUT2D eigenvalue weighted by atomic mass is 9.96. The Balaban J connectivity index is 1.54. The van der Waals surface area contributed by atoms with E-state index in [9.17, 15) is 4.79 Å². The van der Waals surface area contributed by atoms with E-state index < -0.39 is 0 Å². The summed E-state index contributed by atoms with van der Waals surface area (Å²) < 4.78 is 0. The van der Waals surface area contributed by atoms with E-state index in [2.05, 4.69) is 20.6 Å². The van der Waals surface area contributed by atoms with Gasteiger partial charge in [0.2, 0.25) is 0 Å². The highest BCUT2D eigenvalue weighted by Gasteiger charge is 2.14. The van der Waals surface area contributed by atoms with Crippen LogP contribution in [0.2, 0.25) is 0 Å². The summed E-state index contributed by atoms with van der Waals surface area (Å²) in [7, 11) is 0. The molecule has 0 unspecified atom stereocenters. The third-order valence-electron chi connectivity index (χ3n) is 3.37. The fourth-order valence-electron chi connectivity index (χ4n) is 2.38. The number of nitrogens with zero attached hydrogens (tertiary/aromatic N) is 1. The second kappa shape index (κ2) is 7.03. The van der Waals surface area contributed by atoms with Crippen LogP contribution in [0.3, 0.4) is 0 Å². The lowest BCUT2D eigenvalue weighted by molar-refractivity contribution is 0.232. The fourth-order valence-corrected chi connectivity index (χ4v) is 2.38. The topological polar surface area (TPSA) is 69.8 Å². The smallest absolute Gasteiger partial charge is 0.315 e. The number of hydrogen-bond acceptors (Lipinski definition) is 2. The Bertz CT molecular complexity index is 344. The number of aromatic amines is 1. The molecule has 0 spiro atoms. The molecule has 2 amide bonds. The highest BCUT2D eigenvalue weighted by Crippen LogP contribution is 2.17. The molecule has 0 radical (unpaired) electrons. The van der Waals surface area contributed by atoms with Crippen molar-refractivity contribution in [3.63, 3.8) is 0 Å². The molecule has 1 aliphatic carbocycles. The van der Waals surface area contributed by atoms with Gasteiger partial charge in [0.1, 0.15) is 5.82 Å². The van der Waals surface area contributed by atoms with Crippen LogP contribution < -0.4 is 10.6 Å². The third kappa shape index (κ3) is 4.39. The first-order valence-corrected chi connectivity index (χ1v) is 6.87. The number of hydrogen-bond donors (Lipinski definition) is 3. The fraction of sp³-hybridized carbons (Fsp3) is 0.692. The largest absolute Gasteiger partial charge is 0.349 e. The molecule has 0 atom stereocenters. The van der Waals surface area contributed by atoms with Crippen molar-refractivity contribution in [3.05, 3.63) is 18.2 Å². The van der Waals surface area contributed by atoms with E-state index >= 15 is 0 Å². The van der Waals surface area contributed by atoms with Crippen LogP contribution >= 0.6 is 0 Å². The van der Waals surface area contributed by atoms with Crippen LogP contribution in [0.1, 0.15) is 44.3 Å². The summed E-state index contributed by atoms with van der Waals surface area (Å²) in [6.45, 7) is 0.694. The molecule has 2 rings (SSSR count). The number of nitrogens with one attached hydrogen (secondary N) is 3. The SMILES string of the molecule is O=C(NCCCc1ncc[nH]1)NC1CCCCC1. The monoisotopic (exact) mass is 250 g/mol. The molecule has 0 saturated heterocycles. The number of amides is 2. The van der Waals surface area contributed by atoms with Gasteiger partial charge in [-0.25, -0.2) is 9.78 Å². The lowest BCUT2D eigenvalue weighted by Gasteiger charge is -2.22.